The second kappa shape index (κ2) is 5.98. The lowest BCUT2D eigenvalue weighted by molar-refractivity contribution is 0.818. The lowest BCUT2D eigenvalue weighted by Gasteiger charge is -2.13. The van der Waals surface area contributed by atoms with Gasteiger partial charge in [-0.2, -0.15) is 5.10 Å². The maximum Gasteiger partial charge on any atom is 0.0645 e. The maximum atomic E-state index is 3.90. The van der Waals surface area contributed by atoms with Crippen molar-refractivity contribution in [2.75, 3.05) is 12.1 Å². The number of nitrogens with zero attached hydrogens (tertiary/aromatic N) is 2. The molecule has 15 heavy (non-hydrogen) atoms. The van der Waals surface area contributed by atoms with Crippen LogP contribution in [0.3, 0.4) is 0 Å². The van der Waals surface area contributed by atoms with E-state index < -0.39 is 0 Å². The zero-order valence-electron chi connectivity index (χ0n) is 9.27. The second-order valence-corrected chi connectivity index (χ2v) is 3.17. The first-order valence-corrected chi connectivity index (χ1v) is 4.94. The van der Waals surface area contributed by atoms with Crippen LogP contribution in [-0.2, 0) is 6.54 Å². The molecule has 0 spiro atoms. The summed E-state index contributed by atoms with van der Waals surface area (Å²) in [6, 6.07) is 8.21. The lowest BCUT2D eigenvalue weighted by atomic mass is 10.2. The molecule has 1 rings (SSSR count). The maximum absolute atomic E-state index is 3.90. The van der Waals surface area contributed by atoms with Crippen LogP contribution < -0.4 is 10.3 Å². The molecule has 0 heterocycles. The Labute approximate surface area is 91.1 Å². The van der Waals surface area contributed by atoms with Crippen LogP contribution >= 0.6 is 0 Å². The molecular weight excluding hydrogens is 186 g/mol. The summed E-state index contributed by atoms with van der Waals surface area (Å²) in [5.74, 6) is 0. The third kappa shape index (κ3) is 3.22. The van der Waals surface area contributed by atoms with E-state index in [-0.39, 0.29) is 0 Å². The van der Waals surface area contributed by atoms with Crippen LogP contribution in [0.15, 0.2) is 41.6 Å². The average molecular weight is 203 g/mol. The van der Waals surface area contributed by atoms with E-state index in [4.69, 9.17) is 0 Å². The van der Waals surface area contributed by atoms with Gasteiger partial charge in [0.25, 0.3) is 0 Å². The largest absolute Gasteiger partial charge is 0.316 e. The highest BCUT2D eigenvalue weighted by Crippen LogP contribution is 2.15. The predicted octanol–water partition coefficient (Wildman–Crippen LogP) is 2.36. The molecule has 0 amide bonds. The van der Waals surface area contributed by atoms with E-state index >= 15 is 0 Å². The topological polar surface area (TPSA) is 27.6 Å². The van der Waals surface area contributed by atoms with E-state index in [0.29, 0.717) is 0 Å². The molecule has 80 valence electrons. The minimum absolute atomic E-state index is 0.880. The Bertz CT molecular complexity index is 327. The van der Waals surface area contributed by atoms with Gasteiger partial charge in [0.05, 0.1) is 5.69 Å². The van der Waals surface area contributed by atoms with Crippen molar-refractivity contribution < 1.29 is 0 Å². The van der Waals surface area contributed by atoms with Gasteiger partial charge in [0, 0.05) is 19.5 Å². The number of nitrogens with one attached hydrogen (secondary N) is 1. The number of benzene rings is 1. The fourth-order valence-corrected chi connectivity index (χ4v) is 1.33. The summed E-state index contributed by atoms with van der Waals surface area (Å²) in [7, 11) is 1.94. The molecule has 0 atom stereocenters. The Hall–Kier alpha value is -1.61. The van der Waals surface area contributed by atoms with E-state index in [1.807, 2.05) is 38.4 Å². The zero-order valence-corrected chi connectivity index (χ0v) is 9.27. The van der Waals surface area contributed by atoms with Gasteiger partial charge in [-0.1, -0.05) is 18.2 Å². The first-order chi connectivity index (χ1) is 7.31. The summed E-state index contributed by atoms with van der Waals surface area (Å²) in [6.07, 6.45) is 3.80. The van der Waals surface area contributed by atoms with Crippen molar-refractivity contribution in [3.63, 3.8) is 0 Å². The first kappa shape index (κ1) is 11.5. The van der Waals surface area contributed by atoms with E-state index in [1.165, 1.54) is 5.56 Å². The number of hydrazone groups is 1. The number of hydrogen-bond donors (Lipinski definition) is 1. The molecule has 0 fully saturated rings. The van der Waals surface area contributed by atoms with Crippen molar-refractivity contribution in [3.05, 3.63) is 42.1 Å². The molecular formula is C12H17N3. The Kier molecular flexibility index (Phi) is 4.57. The first-order valence-electron chi connectivity index (χ1n) is 4.94. The third-order valence-corrected chi connectivity index (χ3v) is 2.02. The van der Waals surface area contributed by atoms with Crippen molar-refractivity contribution in [2.24, 2.45) is 5.10 Å². The molecule has 0 aromatic heterocycles. The number of allylic oxidation sites excluding steroid dienone is 1. The Morgan fingerprint density at radius 1 is 1.40 bits per heavy atom. The summed E-state index contributed by atoms with van der Waals surface area (Å²) < 4.78 is 0. The Morgan fingerprint density at radius 2 is 2.07 bits per heavy atom. The van der Waals surface area contributed by atoms with Crippen LogP contribution in [0, 0.1) is 0 Å². The molecule has 3 nitrogen and oxygen atoms in total. The molecule has 0 unspecified atom stereocenters. The summed E-state index contributed by atoms with van der Waals surface area (Å²) >= 11 is 0. The lowest BCUT2D eigenvalue weighted by Crippen LogP contribution is -2.07. The smallest absolute Gasteiger partial charge is 0.0645 e. The fraction of sp³-hybridized carbons (Fsp3) is 0.250. The van der Waals surface area contributed by atoms with Gasteiger partial charge in [-0.05, 0) is 31.7 Å². The molecule has 0 aliphatic heterocycles. The van der Waals surface area contributed by atoms with E-state index in [9.17, 15) is 0 Å². The average Bonchev–Trinajstić information content (AvgIpc) is 2.28. The normalized spacial score (nSPS) is 10.5. The van der Waals surface area contributed by atoms with Crippen molar-refractivity contribution in [3.8, 4) is 0 Å². The van der Waals surface area contributed by atoms with Gasteiger partial charge in [-0.25, -0.2) is 5.01 Å². The van der Waals surface area contributed by atoms with Gasteiger partial charge in [0.2, 0.25) is 0 Å². The van der Waals surface area contributed by atoms with Crippen LogP contribution in [0.4, 0.5) is 5.69 Å². The standard InChI is InChI=1S/C12H17N3/c1-4-9-15(14-3)12-7-5-11(6-8-12)10-13-2/h4-9,13H,3,10H2,1-2H3/b9-4-. The highest BCUT2D eigenvalue weighted by molar-refractivity contribution is 5.51. The molecule has 0 radical (unpaired) electrons. The second-order valence-electron chi connectivity index (χ2n) is 3.17. The molecule has 0 saturated heterocycles. The van der Waals surface area contributed by atoms with E-state index in [2.05, 4.69) is 29.3 Å². The highest BCUT2D eigenvalue weighted by atomic mass is 15.4. The molecule has 1 N–H and O–H groups in total. The van der Waals surface area contributed by atoms with Gasteiger partial charge >= 0.3 is 0 Å². The number of rotatable bonds is 5. The fourth-order valence-electron chi connectivity index (χ4n) is 1.33. The van der Waals surface area contributed by atoms with Crippen LogP contribution in [0.2, 0.25) is 0 Å². The van der Waals surface area contributed by atoms with Crippen molar-refractivity contribution in [1.82, 2.24) is 5.32 Å². The van der Waals surface area contributed by atoms with Crippen LogP contribution in [0.1, 0.15) is 12.5 Å². The highest BCUT2D eigenvalue weighted by Gasteiger charge is 1.99. The molecule has 0 saturated carbocycles. The van der Waals surface area contributed by atoms with Gasteiger partial charge < -0.3 is 5.32 Å². The van der Waals surface area contributed by atoms with Crippen LogP contribution in [0.25, 0.3) is 0 Å². The van der Waals surface area contributed by atoms with Gasteiger partial charge in [-0.3, -0.25) is 0 Å². The summed E-state index contributed by atoms with van der Waals surface area (Å²) in [6.45, 7) is 6.36. The van der Waals surface area contributed by atoms with Crippen LogP contribution in [0.5, 0.6) is 0 Å². The summed E-state index contributed by atoms with van der Waals surface area (Å²) in [5, 5.41) is 8.75. The molecule has 3 heteroatoms. The monoisotopic (exact) mass is 203 g/mol. The van der Waals surface area contributed by atoms with Crippen molar-refractivity contribution >= 4 is 12.4 Å². The summed E-state index contributed by atoms with van der Waals surface area (Å²) in [4.78, 5) is 0. The molecule has 1 aromatic carbocycles. The van der Waals surface area contributed by atoms with E-state index in [1.54, 1.807) is 5.01 Å². The van der Waals surface area contributed by atoms with Gasteiger partial charge in [0.1, 0.15) is 0 Å². The Morgan fingerprint density at radius 3 is 2.53 bits per heavy atom. The summed E-state index contributed by atoms with van der Waals surface area (Å²) in [5.41, 5.74) is 2.27. The predicted molar refractivity (Wildman–Crippen MR) is 66.0 cm³/mol. The van der Waals surface area contributed by atoms with Crippen LogP contribution in [-0.4, -0.2) is 13.8 Å². The molecule has 1 aromatic rings. The molecule has 0 aliphatic carbocycles. The third-order valence-electron chi connectivity index (χ3n) is 2.02. The minimum atomic E-state index is 0.880. The molecule has 0 bridgehead atoms. The molecule has 0 aliphatic rings. The number of anilines is 1. The van der Waals surface area contributed by atoms with E-state index in [0.717, 1.165) is 12.2 Å². The zero-order chi connectivity index (χ0) is 11.1. The minimum Gasteiger partial charge on any atom is -0.316 e. The van der Waals surface area contributed by atoms with Gasteiger partial charge in [0.15, 0.2) is 0 Å². The van der Waals surface area contributed by atoms with Crippen molar-refractivity contribution in [2.45, 2.75) is 13.5 Å². The van der Waals surface area contributed by atoms with Crippen molar-refractivity contribution in [1.29, 1.82) is 0 Å². The van der Waals surface area contributed by atoms with Gasteiger partial charge in [-0.15, -0.1) is 0 Å². The number of hydrogen-bond acceptors (Lipinski definition) is 3. The Balaban J connectivity index is 2.81. The SMILES string of the molecule is C=NN(/C=C\C)c1ccc(CNC)cc1. The quantitative estimate of drug-likeness (QED) is 0.587.